The predicted molar refractivity (Wildman–Crippen MR) is 86.5 cm³/mol. The number of benzene rings is 1. The summed E-state index contributed by atoms with van der Waals surface area (Å²) in [5, 5.41) is 1.20. The van der Waals surface area contributed by atoms with Gasteiger partial charge in [-0.3, -0.25) is 4.98 Å². The lowest BCUT2D eigenvalue weighted by Crippen LogP contribution is -2.40. The van der Waals surface area contributed by atoms with Crippen molar-refractivity contribution in [1.82, 2.24) is 4.98 Å². The number of piperidine rings is 1. The Labute approximate surface area is 125 Å². The van der Waals surface area contributed by atoms with Crippen LogP contribution in [0, 0.1) is 0 Å². The Morgan fingerprint density at radius 3 is 3.05 bits per heavy atom. The summed E-state index contributed by atoms with van der Waals surface area (Å²) in [5.74, 6) is 0. The number of nitrogens with two attached hydrogens (primary N) is 1. The van der Waals surface area contributed by atoms with Crippen molar-refractivity contribution in [3.63, 3.8) is 0 Å². The molecule has 1 saturated heterocycles. The highest BCUT2D eigenvalue weighted by Crippen LogP contribution is 2.29. The fourth-order valence-electron chi connectivity index (χ4n) is 3.11. The van der Waals surface area contributed by atoms with Crippen molar-refractivity contribution in [1.29, 1.82) is 0 Å². The van der Waals surface area contributed by atoms with E-state index in [0.29, 0.717) is 12.6 Å². The molecule has 2 aromatic rings. The van der Waals surface area contributed by atoms with Gasteiger partial charge < -0.3 is 15.4 Å². The van der Waals surface area contributed by atoms with Gasteiger partial charge in [0.25, 0.3) is 0 Å². The number of anilines is 1. The third-order valence-corrected chi connectivity index (χ3v) is 4.08. The minimum Gasteiger partial charge on any atom is -0.377 e. The van der Waals surface area contributed by atoms with Crippen molar-refractivity contribution in [3.8, 4) is 0 Å². The van der Waals surface area contributed by atoms with Crippen molar-refractivity contribution < 1.29 is 4.74 Å². The van der Waals surface area contributed by atoms with Crippen molar-refractivity contribution in [3.05, 3.63) is 36.0 Å². The van der Waals surface area contributed by atoms with Crippen LogP contribution in [-0.2, 0) is 11.3 Å². The number of fused-ring (bicyclic) bond motifs is 1. The molecule has 4 nitrogen and oxygen atoms in total. The zero-order valence-electron chi connectivity index (χ0n) is 12.6. The van der Waals surface area contributed by atoms with E-state index in [9.17, 15) is 0 Å². The van der Waals surface area contributed by atoms with Crippen LogP contribution in [-0.4, -0.2) is 30.8 Å². The van der Waals surface area contributed by atoms with E-state index in [2.05, 4.69) is 41.1 Å². The van der Waals surface area contributed by atoms with Crippen LogP contribution < -0.4 is 10.6 Å². The van der Waals surface area contributed by atoms with Crippen LogP contribution in [0.5, 0.6) is 0 Å². The Hall–Kier alpha value is -1.65. The van der Waals surface area contributed by atoms with Crippen LogP contribution in [0.25, 0.3) is 10.9 Å². The second kappa shape index (κ2) is 6.41. The van der Waals surface area contributed by atoms with E-state index in [1.54, 1.807) is 0 Å². The van der Waals surface area contributed by atoms with Gasteiger partial charge in [0, 0.05) is 37.3 Å². The number of pyridine rings is 1. The fraction of sp³-hybridized carbons (Fsp3) is 0.471. The standard InChI is InChI=1S/C17H23N3O/c1-2-21-14-6-5-9-20(12-14)17-10-13(11-18)19-16-8-4-3-7-15(16)17/h3-4,7-8,10,14H,2,5-6,9,11-12,18H2,1H3. The molecule has 21 heavy (non-hydrogen) atoms. The van der Waals surface area contributed by atoms with E-state index in [1.165, 1.54) is 17.5 Å². The van der Waals surface area contributed by atoms with Gasteiger partial charge in [-0.2, -0.15) is 0 Å². The summed E-state index contributed by atoms with van der Waals surface area (Å²) in [6, 6.07) is 10.4. The second-order valence-corrected chi connectivity index (χ2v) is 5.52. The molecule has 1 aromatic heterocycles. The highest BCUT2D eigenvalue weighted by atomic mass is 16.5. The molecule has 1 aliphatic rings. The van der Waals surface area contributed by atoms with Gasteiger partial charge in [-0.1, -0.05) is 18.2 Å². The topological polar surface area (TPSA) is 51.4 Å². The highest BCUT2D eigenvalue weighted by Gasteiger charge is 2.22. The van der Waals surface area contributed by atoms with Crippen LogP contribution in [0.3, 0.4) is 0 Å². The molecule has 1 atom stereocenters. The van der Waals surface area contributed by atoms with Gasteiger partial charge in [0.2, 0.25) is 0 Å². The summed E-state index contributed by atoms with van der Waals surface area (Å²) < 4.78 is 5.82. The van der Waals surface area contributed by atoms with Gasteiger partial charge >= 0.3 is 0 Å². The maximum absolute atomic E-state index is 5.82. The molecule has 0 aliphatic carbocycles. The van der Waals surface area contributed by atoms with Crippen LogP contribution in [0.1, 0.15) is 25.5 Å². The quantitative estimate of drug-likeness (QED) is 0.938. The third kappa shape index (κ3) is 3.01. The van der Waals surface area contributed by atoms with Crippen LogP contribution in [0.4, 0.5) is 5.69 Å². The molecule has 1 aromatic carbocycles. The van der Waals surface area contributed by atoms with Gasteiger partial charge in [-0.15, -0.1) is 0 Å². The van der Waals surface area contributed by atoms with Crippen molar-refractivity contribution >= 4 is 16.6 Å². The van der Waals surface area contributed by atoms with E-state index in [4.69, 9.17) is 10.5 Å². The van der Waals surface area contributed by atoms with Crippen molar-refractivity contribution in [2.24, 2.45) is 5.73 Å². The summed E-state index contributed by atoms with van der Waals surface area (Å²) >= 11 is 0. The summed E-state index contributed by atoms with van der Waals surface area (Å²) in [4.78, 5) is 7.05. The maximum atomic E-state index is 5.82. The summed E-state index contributed by atoms with van der Waals surface area (Å²) in [6.45, 7) is 5.34. The SMILES string of the molecule is CCOC1CCCN(c2cc(CN)nc3ccccc23)C1. The Morgan fingerprint density at radius 1 is 1.38 bits per heavy atom. The summed E-state index contributed by atoms with van der Waals surface area (Å²) in [5.41, 5.74) is 9.02. The predicted octanol–water partition coefficient (Wildman–Crippen LogP) is 2.70. The molecule has 0 bridgehead atoms. The average Bonchev–Trinajstić information content (AvgIpc) is 2.54. The number of nitrogens with zero attached hydrogens (tertiary/aromatic N) is 2. The van der Waals surface area contributed by atoms with Crippen molar-refractivity contribution in [2.75, 3.05) is 24.6 Å². The maximum Gasteiger partial charge on any atom is 0.0750 e. The number of aromatic nitrogens is 1. The number of para-hydroxylation sites is 1. The molecule has 2 N–H and O–H groups in total. The van der Waals surface area contributed by atoms with Crippen LogP contribution in [0.2, 0.25) is 0 Å². The molecule has 1 aliphatic heterocycles. The molecule has 3 rings (SSSR count). The molecular weight excluding hydrogens is 262 g/mol. The van der Waals surface area contributed by atoms with Gasteiger partial charge in [-0.25, -0.2) is 0 Å². The van der Waals surface area contributed by atoms with E-state index in [0.717, 1.165) is 37.3 Å². The Bertz CT molecular complexity index is 612. The molecule has 112 valence electrons. The zero-order valence-corrected chi connectivity index (χ0v) is 12.6. The minimum absolute atomic E-state index is 0.331. The monoisotopic (exact) mass is 285 g/mol. The number of hydrogen-bond acceptors (Lipinski definition) is 4. The van der Waals surface area contributed by atoms with Crippen molar-refractivity contribution in [2.45, 2.75) is 32.4 Å². The summed E-state index contributed by atoms with van der Waals surface area (Å²) in [6.07, 6.45) is 2.65. The largest absolute Gasteiger partial charge is 0.377 e. The number of ether oxygens (including phenoxy) is 1. The van der Waals surface area contributed by atoms with E-state index < -0.39 is 0 Å². The average molecular weight is 285 g/mol. The lowest BCUT2D eigenvalue weighted by atomic mass is 10.0. The number of hydrogen-bond donors (Lipinski definition) is 1. The molecular formula is C17H23N3O. The fourth-order valence-corrected chi connectivity index (χ4v) is 3.11. The summed E-state index contributed by atoms with van der Waals surface area (Å²) in [7, 11) is 0. The lowest BCUT2D eigenvalue weighted by molar-refractivity contribution is 0.0527. The molecule has 0 amide bonds. The Kier molecular flexibility index (Phi) is 4.36. The molecule has 0 saturated carbocycles. The lowest BCUT2D eigenvalue weighted by Gasteiger charge is -2.35. The van der Waals surface area contributed by atoms with Gasteiger partial charge in [0.1, 0.15) is 0 Å². The number of rotatable bonds is 4. The zero-order chi connectivity index (χ0) is 14.7. The first kappa shape index (κ1) is 14.3. The van der Waals surface area contributed by atoms with Gasteiger partial charge in [0.05, 0.1) is 17.3 Å². The molecule has 1 unspecified atom stereocenters. The Morgan fingerprint density at radius 2 is 2.24 bits per heavy atom. The molecule has 4 heteroatoms. The molecule has 1 fully saturated rings. The molecule has 2 heterocycles. The minimum atomic E-state index is 0.331. The van der Waals surface area contributed by atoms with E-state index >= 15 is 0 Å². The van der Waals surface area contributed by atoms with Crippen LogP contribution in [0.15, 0.2) is 30.3 Å². The van der Waals surface area contributed by atoms with E-state index in [-0.39, 0.29) is 0 Å². The highest BCUT2D eigenvalue weighted by molar-refractivity contribution is 5.92. The normalized spacial score (nSPS) is 19.1. The van der Waals surface area contributed by atoms with E-state index in [1.807, 2.05) is 6.07 Å². The first-order chi connectivity index (χ1) is 10.3. The van der Waals surface area contributed by atoms with Crippen LogP contribution >= 0.6 is 0 Å². The molecule has 0 radical (unpaired) electrons. The van der Waals surface area contributed by atoms with Gasteiger partial charge in [-0.05, 0) is 31.9 Å². The Balaban J connectivity index is 1.98. The first-order valence-corrected chi connectivity index (χ1v) is 7.77. The van der Waals surface area contributed by atoms with Gasteiger partial charge in [0.15, 0.2) is 0 Å². The smallest absolute Gasteiger partial charge is 0.0750 e. The third-order valence-electron chi connectivity index (χ3n) is 4.08. The molecule has 0 spiro atoms. The second-order valence-electron chi connectivity index (χ2n) is 5.52. The first-order valence-electron chi connectivity index (χ1n) is 7.77.